The number of carbonyl (C=O) groups is 1. The van der Waals surface area contributed by atoms with Crippen LogP contribution in [0.5, 0.6) is 0 Å². The molecule has 0 unspecified atom stereocenters. The van der Waals surface area contributed by atoms with Crippen LogP contribution in [0.25, 0.3) is 17.1 Å². The lowest BCUT2D eigenvalue weighted by atomic mass is 10.1. The summed E-state index contributed by atoms with van der Waals surface area (Å²) in [7, 11) is 0. The first kappa shape index (κ1) is 21.0. The van der Waals surface area contributed by atoms with Crippen LogP contribution >= 0.6 is 0 Å². The molecule has 1 aromatic carbocycles. The van der Waals surface area contributed by atoms with Crippen molar-refractivity contribution in [3.8, 4) is 11.5 Å². The summed E-state index contributed by atoms with van der Waals surface area (Å²) in [5.74, 6) is 1.17. The second-order valence-electron chi connectivity index (χ2n) is 7.86. The number of piperazine rings is 1. The van der Waals surface area contributed by atoms with Gasteiger partial charge in [0.2, 0.25) is 0 Å². The Morgan fingerprint density at radius 3 is 2.55 bits per heavy atom. The van der Waals surface area contributed by atoms with Crippen molar-refractivity contribution < 1.29 is 22.4 Å². The van der Waals surface area contributed by atoms with Gasteiger partial charge in [0.25, 0.3) is 5.91 Å². The number of hydrogen-bond donors (Lipinski definition) is 0. The summed E-state index contributed by atoms with van der Waals surface area (Å²) in [5.41, 5.74) is 1.28. The number of amides is 1. The zero-order valence-corrected chi connectivity index (χ0v) is 17.7. The number of anilines is 1. The van der Waals surface area contributed by atoms with Crippen molar-refractivity contribution in [2.45, 2.75) is 13.1 Å². The van der Waals surface area contributed by atoms with E-state index in [0.717, 1.165) is 17.9 Å². The van der Waals surface area contributed by atoms with Gasteiger partial charge in [-0.05, 0) is 43.3 Å². The third-order valence-corrected chi connectivity index (χ3v) is 5.73. The van der Waals surface area contributed by atoms with Gasteiger partial charge in [-0.2, -0.15) is 18.3 Å². The molecule has 4 aromatic rings. The van der Waals surface area contributed by atoms with Gasteiger partial charge in [-0.25, -0.2) is 9.50 Å². The molecule has 0 atom stereocenters. The molecule has 3 aromatic heterocycles. The highest BCUT2D eigenvalue weighted by Gasteiger charge is 2.31. The number of carbonyl (C=O) groups excluding carboxylic acids is 1. The fraction of sp³-hybridized carbons (Fsp3) is 0.261. The van der Waals surface area contributed by atoms with E-state index < -0.39 is 11.7 Å². The molecule has 4 heterocycles. The highest BCUT2D eigenvalue weighted by molar-refractivity contribution is 6.00. The largest absolute Gasteiger partial charge is 0.460 e. The van der Waals surface area contributed by atoms with Crippen LogP contribution < -0.4 is 4.90 Å². The molecule has 0 saturated carbocycles. The molecule has 7 nitrogen and oxygen atoms in total. The number of halogens is 3. The molecule has 1 amide bonds. The average Bonchev–Trinajstić information content (AvgIpc) is 3.44. The van der Waals surface area contributed by atoms with Gasteiger partial charge in [0.15, 0.2) is 11.4 Å². The summed E-state index contributed by atoms with van der Waals surface area (Å²) in [4.78, 5) is 21.1. The van der Waals surface area contributed by atoms with Crippen LogP contribution in [0.3, 0.4) is 0 Å². The van der Waals surface area contributed by atoms with Crippen LogP contribution in [-0.4, -0.2) is 51.6 Å². The van der Waals surface area contributed by atoms with Crippen LogP contribution in [-0.2, 0) is 6.18 Å². The maximum atomic E-state index is 13.2. The SMILES string of the molecule is Cc1ccc(-c2ccnc3c(C(=O)N4CCN(c5cccc(C(F)(F)F)c5)CC4)cnn23)o1. The van der Waals surface area contributed by atoms with Gasteiger partial charge in [0, 0.05) is 38.1 Å². The van der Waals surface area contributed by atoms with Crippen molar-refractivity contribution in [1.82, 2.24) is 19.5 Å². The van der Waals surface area contributed by atoms with E-state index in [2.05, 4.69) is 10.1 Å². The Morgan fingerprint density at radius 2 is 1.85 bits per heavy atom. The van der Waals surface area contributed by atoms with Crippen molar-refractivity contribution in [2.75, 3.05) is 31.1 Å². The molecule has 0 N–H and O–H groups in total. The monoisotopic (exact) mass is 455 g/mol. The van der Waals surface area contributed by atoms with Gasteiger partial charge in [-0.1, -0.05) is 6.07 Å². The Morgan fingerprint density at radius 1 is 1.06 bits per heavy atom. The number of rotatable bonds is 3. The molecule has 10 heteroatoms. The van der Waals surface area contributed by atoms with Gasteiger partial charge >= 0.3 is 6.18 Å². The predicted octanol–water partition coefficient (Wildman–Crippen LogP) is 4.28. The van der Waals surface area contributed by atoms with E-state index in [0.29, 0.717) is 54.5 Å². The molecule has 5 rings (SSSR count). The molecule has 1 aliphatic heterocycles. The van der Waals surface area contributed by atoms with Gasteiger partial charge in [-0.3, -0.25) is 4.79 Å². The zero-order valence-electron chi connectivity index (χ0n) is 17.7. The molecule has 170 valence electrons. The lowest BCUT2D eigenvalue weighted by Crippen LogP contribution is -2.48. The highest BCUT2D eigenvalue weighted by Crippen LogP contribution is 2.32. The summed E-state index contributed by atoms with van der Waals surface area (Å²) < 4.78 is 46.4. The standard InChI is InChI=1S/C23H20F3N5O2/c1-15-5-6-20(33-15)19-7-8-27-21-18(14-28-31(19)21)22(32)30-11-9-29(10-12-30)17-4-2-3-16(13-17)23(24,25)26/h2-8,13-14H,9-12H2,1H3. The van der Waals surface area contributed by atoms with Gasteiger partial charge in [0.05, 0.1) is 11.8 Å². The Kier molecular flexibility index (Phi) is 5.07. The fourth-order valence-corrected chi connectivity index (χ4v) is 4.02. The van der Waals surface area contributed by atoms with Crippen LogP contribution in [0.2, 0.25) is 0 Å². The number of alkyl halides is 3. The molecule has 0 aliphatic carbocycles. The van der Waals surface area contributed by atoms with E-state index in [1.807, 2.05) is 24.0 Å². The van der Waals surface area contributed by atoms with Crippen LogP contribution in [0.4, 0.5) is 18.9 Å². The number of hydrogen-bond acceptors (Lipinski definition) is 5. The maximum absolute atomic E-state index is 13.2. The molecule has 1 fully saturated rings. The molecule has 0 spiro atoms. The number of aryl methyl sites for hydroxylation is 1. The summed E-state index contributed by atoms with van der Waals surface area (Å²) in [6.45, 7) is 3.46. The molecule has 33 heavy (non-hydrogen) atoms. The van der Waals surface area contributed by atoms with Crippen LogP contribution in [0, 0.1) is 6.92 Å². The van der Waals surface area contributed by atoms with E-state index in [1.54, 1.807) is 27.7 Å². The molecule has 0 radical (unpaired) electrons. The Hall–Kier alpha value is -3.82. The fourth-order valence-electron chi connectivity index (χ4n) is 4.02. The average molecular weight is 455 g/mol. The molecule has 1 saturated heterocycles. The van der Waals surface area contributed by atoms with E-state index in [4.69, 9.17) is 4.42 Å². The van der Waals surface area contributed by atoms with Crippen molar-refractivity contribution >= 4 is 17.2 Å². The normalized spacial score (nSPS) is 14.8. The number of fused-ring (bicyclic) bond motifs is 1. The summed E-state index contributed by atoms with van der Waals surface area (Å²) in [6.07, 6.45) is -1.30. The zero-order chi connectivity index (χ0) is 23.2. The van der Waals surface area contributed by atoms with Crippen molar-refractivity contribution in [1.29, 1.82) is 0 Å². The topological polar surface area (TPSA) is 66.9 Å². The van der Waals surface area contributed by atoms with Gasteiger partial charge < -0.3 is 14.2 Å². The highest BCUT2D eigenvalue weighted by atomic mass is 19.4. The molecular weight excluding hydrogens is 435 g/mol. The summed E-state index contributed by atoms with van der Waals surface area (Å²) >= 11 is 0. The van der Waals surface area contributed by atoms with E-state index in [9.17, 15) is 18.0 Å². The van der Waals surface area contributed by atoms with E-state index in [-0.39, 0.29) is 5.91 Å². The molecule has 0 bridgehead atoms. The van der Waals surface area contributed by atoms with Crippen molar-refractivity contribution in [3.05, 3.63) is 71.7 Å². The number of nitrogens with zero attached hydrogens (tertiary/aromatic N) is 5. The lowest BCUT2D eigenvalue weighted by molar-refractivity contribution is -0.137. The third-order valence-electron chi connectivity index (χ3n) is 5.73. The second-order valence-corrected chi connectivity index (χ2v) is 7.86. The van der Waals surface area contributed by atoms with Crippen LogP contribution in [0.1, 0.15) is 21.7 Å². The van der Waals surface area contributed by atoms with Crippen molar-refractivity contribution in [3.63, 3.8) is 0 Å². The second kappa shape index (κ2) is 7.95. The quantitative estimate of drug-likeness (QED) is 0.461. The smallest absolute Gasteiger partial charge is 0.416 e. The Labute approximate surface area is 187 Å². The van der Waals surface area contributed by atoms with E-state index in [1.165, 1.54) is 12.3 Å². The van der Waals surface area contributed by atoms with Crippen molar-refractivity contribution in [2.24, 2.45) is 0 Å². The Bertz CT molecular complexity index is 1320. The Balaban J connectivity index is 1.34. The first-order chi connectivity index (χ1) is 15.8. The summed E-state index contributed by atoms with van der Waals surface area (Å²) in [5, 5.41) is 4.35. The first-order valence-corrected chi connectivity index (χ1v) is 10.4. The summed E-state index contributed by atoms with van der Waals surface area (Å²) in [6, 6.07) is 10.7. The maximum Gasteiger partial charge on any atom is 0.416 e. The van der Waals surface area contributed by atoms with Gasteiger partial charge in [0.1, 0.15) is 17.0 Å². The molecular formula is C23H20F3N5O2. The minimum atomic E-state index is -4.39. The number of aromatic nitrogens is 3. The minimum Gasteiger partial charge on any atom is -0.460 e. The molecule has 1 aliphatic rings. The first-order valence-electron chi connectivity index (χ1n) is 10.4. The van der Waals surface area contributed by atoms with Crippen LogP contribution in [0.15, 0.2) is 59.3 Å². The third kappa shape index (κ3) is 3.92. The number of furan rings is 1. The predicted molar refractivity (Wildman–Crippen MR) is 115 cm³/mol. The lowest BCUT2D eigenvalue weighted by Gasteiger charge is -2.36. The minimum absolute atomic E-state index is 0.214. The van der Waals surface area contributed by atoms with Gasteiger partial charge in [-0.15, -0.1) is 0 Å². The van der Waals surface area contributed by atoms with E-state index >= 15 is 0 Å². The number of benzene rings is 1.